The van der Waals surface area contributed by atoms with Crippen LogP contribution in [0.25, 0.3) is 0 Å². The van der Waals surface area contributed by atoms with Gasteiger partial charge in [0.05, 0.1) is 12.7 Å². The normalized spacial score (nSPS) is 9.44. The van der Waals surface area contributed by atoms with Crippen molar-refractivity contribution in [1.29, 1.82) is 0 Å². The fourth-order valence-corrected chi connectivity index (χ4v) is 1.52. The summed E-state index contributed by atoms with van der Waals surface area (Å²) in [4.78, 5) is 23.1. The summed E-state index contributed by atoms with van der Waals surface area (Å²) in [6.07, 6.45) is 0. The van der Waals surface area contributed by atoms with Crippen molar-refractivity contribution in [1.82, 2.24) is 10.6 Å². The molecule has 0 radical (unpaired) electrons. The maximum absolute atomic E-state index is 11.8. The molecule has 0 spiro atoms. The van der Waals surface area contributed by atoms with Crippen LogP contribution in [0.5, 0.6) is 0 Å². The van der Waals surface area contributed by atoms with Crippen molar-refractivity contribution in [3.63, 3.8) is 0 Å². The first-order valence-corrected chi connectivity index (χ1v) is 5.77. The molecular formula is C12H14N2O3S. The molecule has 0 aromatic heterocycles. The Balaban J connectivity index is 2.80. The number of carbonyl (C=O) groups is 2. The van der Waals surface area contributed by atoms with Gasteiger partial charge in [0.15, 0.2) is 5.11 Å². The number of thiocarbonyl (C=S) groups is 1. The van der Waals surface area contributed by atoms with Crippen LogP contribution >= 0.6 is 12.2 Å². The third-order valence-corrected chi connectivity index (χ3v) is 2.36. The zero-order valence-electron chi connectivity index (χ0n) is 10.1. The van der Waals surface area contributed by atoms with Crippen molar-refractivity contribution in [2.24, 2.45) is 0 Å². The Morgan fingerprint density at radius 1 is 1.33 bits per heavy atom. The van der Waals surface area contributed by atoms with Crippen LogP contribution in [0.4, 0.5) is 0 Å². The number of benzene rings is 1. The van der Waals surface area contributed by atoms with E-state index in [9.17, 15) is 9.59 Å². The summed E-state index contributed by atoms with van der Waals surface area (Å²) in [6.45, 7) is 2.50. The second-order valence-corrected chi connectivity index (χ2v) is 3.79. The van der Waals surface area contributed by atoms with Gasteiger partial charge in [-0.1, -0.05) is 6.07 Å². The van der Waals surface area contributed by atoms with E-state index in [1.807, 2.05) is 6.92 Å². The van der Waals surface area contributed by atoms with Crippen molar-refractivity contribution in [3.8, 4) is 0 Å². The lowest BCUT2D eigenvalue weighted by molar-refractivity contribution is 0.0600. The molecule has 0 fully saturated rings. The third-order valence-electron chi connectivity index (χ3n) is 2.11. The molecule has 96 valence electrons. The molecule has 0 saturated carbocycles. The van der Waals surface area contributed by atoms with Crippen molar-refractivity contribution in [2.45, 2.75) is 6.92 Å². The maximum Gasteiger partial charge on any atom is 0.337 e. The summed E-state index contributed by atoms with van der Waals surface area (Å²) >= 11 is 4.90. The van der Waals surface area contributed by atoms with Crippen LogP contribution in [0.3, 0.4) is 0 Å². The summed E-state index contributed by atoms with van der Waals surface area (Å²) in [5, 5.41) is 5.57. The molecule has 0 aliphatic carbocycles. The minimum atomic E-state index is -0.487. The Kier molecular flexibility index (Phi) is 5.26. The van der Waals surface area contributed by atoms with E-state index in [0.717, 1.165) is 0 Å². The average Bonchev–Trinajstić information content (AvgIpc) is 2.38. The largest absolute Gasteiger partial charge is 0.465 e. The van der Waals surface area contributed by atoms with E-state index in [1.54, 1.807) is 18.2 Å². The monoisotopic (exact) mass is 266 g/mol. The topological polar surface area (TPSA) is 67.4 Å². The van der Waals surface area contributed by atoms with Crippen LogP contribution in [0.2, 0.25) is 0 Å². The number of hydrogen-bond acceptors (Lipinski definition) is 4. The highest BCUT2D eigenvalue weighted by Gasteiger charge is 2.11. The molecule has 1 amide bonds. The summed E-state index contributed by atoms with van der Waals surface area (Å²) in [5.74, 6) is -0.856. The molecule has 0 bridgehead atoms. The van der Waals surface area contributed by atoms with E-state index in [2.05, 4.69) is 15.4 Å². The van der Waals surface area contributed by atoms with Crippen LogP contribution < -0.4 is 10.6 Å². The number of rotatable bonds is 3. The number of hydrogen-bond donors (Lipinski definition) is 2. The second kappa shape index (κ2) is 6.70. The molecule has 18 heavy (non-hydrogen) atoms. The Bertz CT molecular complexity index is 474. The second-order valence-electron chi connectivity index (χ2n) is 3.39. The van der Waals surface area contributed by atoms with Crippen molar-refractivity contribution in [2.75, 3.05) is 13.7 Å². The molecule has 0 saturated heterocycles. The van der Waals surface area contributed by atoms with Gasteiger partial charge in [-0.25, -0.2) is 4.79 Å². The third kappa shape index (κ3) is 3.81. The fourth-order valence-electron chi connectivity index (χ4n) is 1.29. The van der Waals surface area contributed by atoms with Gasteiger partial charge in [0.1, 0.15) is 0 Å². The molecule has 5 nitrogen and oxygen atoms in total. The summed E-state index contributed by atoms with van der Waals surface area (Å²) in [6, 6.07) is 6.23. The molecule has 1 aromatic carbocycles. The van der Waals surface area contributed by atoms with Crippen molar-refractivity contribution >= 4 is 29.2 Å². The number of amides is 1. The standard InChI is InChI=1S/C12H14N2O3S/c1-3-13-12(18)14-10(15)8-5-4-6-9(7-8)11(16)17-2/h4-7H,3H2,1-2H3,(H2,13,14,15,18). The van der Waals surface area contributed by atoms with E-state index >= 15 is 0 Å². The Labute approximate surface area is 111 Å². The van der Waals surface area contributed by atoms with Crippen molar-refractivity contribution in [3.05, 3.63) is 35.4 Å². The number of methoxy groups -OCH3 is 1. The van der Waals surface area contributed by atoms with Crippen molar-refractivity contribution < 1.29 is 14.3 Å². The quantitative estimate of drug-likeness (QED) is 0.633. The average molecular weight is 266 g/mol. The van der Waals surface area contributed by atoms with Gasteiger partial charge in [0.25, 0.3) is 5.91 Å². The maximum atomic E-state index is 11.8. The lowest BCUT2D eigenvalue weighted by Crippen LogP contribution is -2.39. The fraction of sp³-hybridized carbons (Fsp3) is 0.250. The summed E-state index contributed by atoms with van der Waals surface area (Å²) < 4.78 is 4.58. The van der Waals surface area contributed by atoms with Gasteiger partial charge >= 0.3 is 5.97 Å². The predicted molar refractivity (Wildman–Crippen MR) is 71.5 cm³/mol. The lowest BCUT2D eigenvalue weighted by Gasteiger charge is -2.08. The van der Waals surface area contributed by atoms with Gasteiger partial charge in [0.2, 0.25) is 0 Å². The number of nitrogens with one attached hydrogen (secondary N) is 2. The minimum absolute atomic E-state index is 0.256. The van der Waals surface area contributed by atoms with E-state index in [-0.39, 0.29) is 11.0 Å². The highest BCUT2D eigenvalue weighted by Crippen LogP contribution is 2.06. The van der Waals surface area contributed by atoms with E-state index in [1.165, 1.54) is 13.2 Å². The van der Waals surface area contributed by atoms with E-state index in [4.69, 9.17) is 12.2 Å². The van der Waals surface area contributed by atoms with Gasteiger partial charge in [-0.15, -0.1) is 0 Å². The SMILES string of the molecule is CCNC(=S)NC(=O)c1cccc(C(=O)OC)c1. The van der Waals surface area contributed by atoms with Gasteiger partial charge in [-0.2, -0.15) is 0 Å². The van der Waals surface area contributed by atoms with Gasteiger partial charge in [-0.3, -0.25) is 10.1 Å². The Morgan fingerprint density at radius 2 is 2.00 bits per heavy atom. The number of esters is 1. The predicted octanol–water partition coefficient (Wildman–Crippen LogP) is 1.10. The zero-order chi connectivity index (χ0) is 13.5. The Hall–Kier alpha value is -1.95. The van der Waals surface area contributed by atoms with E-state index < -0.39 is 5.97 Å². The van der Waals surface area contributed by atoms with Crippen LogP contribution in [0, 0.1) is 0 Å². The molecule has 0 aliphatic rings. The minimum Gasteiger partial charge on any atom is -0.465 e. The molecule has 0 aliphatic heterocycles. The molecule has 6 heteroatoms. The van der Waals surface area contributed by atoms with Crippen LogP contribution in [-0.2, 0) is 4.74 Å². The van der Waals surface area contributed by atoms with E-state index in [0.29, 0.717) is 17.7 Å². The highest BCUT2D eigenvalue weighted by atomic mass is 32.1. The first kappa shape index (κ1) is 14.1. The Morgan fingerprint density at radius 3 is 2.61 bits per heavy atom. The zero-order valence-corrected chi connectivity index (χ0v) is 11.0. The first-order chi connectivity index (χ1) is 8.58. The number of ether oxygens (including phenoxy) is 1. The van der Waals surface area contributed by atoms with Gasteiger partial charge in [-0.05, 0) is 37.3 Å². The van der Waals surface area contributed by atoms with Crippen LogP contribution in [-0.4, -0.2) is 30.6 Å². The summed E-state index contributed by atoms with van der Waals surface area (Å²) in [5.41, 5.74) is 0.665. The molecular weight excluding hydrogens is 252 g/mol. The molecule has 0 heterocycles. The smallest absolute Gasteiger partial charge is 0.337 e. The van der Waals surface area contributed by atoms with Crippen LogP contribution in [0.1, 0.15) is 27.6 Å². The molecule has 1 aromatic rings. The molecule has 1 rings (SSSR count). The molecule has 2 N–H and O–H groups in total. The molecule has 0 unspecified atom stereocenters. The first-order valence-electron chi connectivity index (χ1n) is 5.36. The molecule has 0 atom stereocenters. The van der Waals surface area contributed by atoms with Crippen LogP contribution in [0.15, 0.2) is 24.3 Å². The van der Waals surface area contributed by atoms with Gasteiger partial charge < -0.3 is 10.1 Å². The highest BCUT2D eigenvalue weighted by molar-refractivity contribution is 7.80. The number of carbonyl (C=O) groups excluding carboxylic acids is 2. The van der Waals surface area contributed by atoms with Gasteiger partial charge in [0, 0.05) is 12.1 Å². The lowest BCUT2D eigenvalue weighted by atomic mass is 10.1. The summed E-state index contributed by atoms with van der Waals surface area (Å²) in [7, 11) is 1.29.